The molecule has 9 heteroatoms. The van der Waals surface area contributed by atoms with Crippen molar-refractivity contribution in [2.24, 2.45) is 0 Å². The first-order valence-electron chi connectivity index (χ1n) is 12.8. The Morgan fingerprint density at radius 2 is 1.41 bits per heavy atom. The van der Waals surface area contributed by atoms with Gasteiger partial charge in [0.05, 0.1) is 10.6 Å². The molecule has 2 amide bonds. The van der Waals surface area contributed by atoms with Crippen LogP contribution in [-0.2, 0) is 26.2 Å². The van der Waals surface area contributed by atoms with Crippen LogP contribution >= 0.6 is 11.6 Å². The maximum absolute atomic E-state index is 13.9. The predicted octanol–water partition coefficient (Wildman–Crippen LogP) is 5.40. The fourth-order valence-corrected chi connectivity index (χ4v) is 5.76. The molecular formula is C30H36ClN3O4S. The maximum atomic E-state index is 13.9. The number of carbonyl (C=O) groups is 2. The lowest BCUT2D eigenvalue weighted by atomic mass is 10.1. The molecule has 0 bridgehead atoms. The first-order valence-corrected chi connectivity index (χ1v) is 14.6. The van der Waals surface area contributed by atoms with Gasteiger partial charge in [0.25, 0.3) is 10.0 Å². The average Bonchev–Trinajstić information content (AvgIpc) is 2.85. The number of nitrogens with one attached hydrogen (secondary N) is 1. The molecule has 3 aromatic rings. The Morgan fingerprint density at radius 3 is 1.95 bits per heavy atom. The Morgan fingerprint density at radius 1 is 0.846 bits per heavy atom. The van der Waals surface area contributed by atoms with Gasteiger partial charge in [-0.3, -0.25) is 13.9 Å². The Kier molecular flexibility index (Phi) is 9.80. The quantitative estimate of drug-likeness (QED) is 0.354. The van der Waals surface area contributed by atoms with Crippen LogP contribution in [-0.4, -0.2) is 43.8 Å². The van der Waals surface area contributed by atoms with Gasteiger partial charge >= 0.3 is 0 Å². The second kappa shape index (κ2) is 12.7. The second-order valence-electron chi connectivity index (χ2n) is 10.2. The molecule has 0 unspecified atom stereocenters. The minimum atomic E-state index is -4.11. The van der Waals surface area contributed by atoms with Gasteiger partial charge in [-0.1, -0.05) is 47.5 Å². The molecule has 0 heterocycles. The van der Waals surface area contributed by atoms with Crippen LogP contribution in [0.25, 0.3) is 0 Å². The summed E-state index contributed by atoms with van der Waals surface area (Å²) in [4.78, 5) is 28.4. The van der Waals surface area contributed by atoms with E-state index in [9.17, 15) is 18.0 Å². The topological polar surface area (TPSA) is 86.8 Å². The summed E-state index contributed by atoms with van der Waals surface area (Å²) < 4.78 is 29.0. The highest BCUT2D eigenvalue weighted by Crippen LogP contribution is 2.27. The highest BCUT2D eigenvalue weighted by atomic mass is 35.5. The fraction of sp³-hybridized carbons (Fsp3) is 0.333. The first kappa shape index (κ1) is 30.2. The van der Waals surface area contributed by atoms with Gasteiger partial charge in [0, 0.05) is 17.6 Å². The number of halogens is 1. The zero-order valence-corrected chi connectivity index (χ0v) is 24.8. The largest absolute Gasteiger partial charge is 0.352 e. The van der Waals surface area contributed by atoms with Gasteiger partial charge < -0.3 is 10.2 Å². The van der Waals surface area contributed by atoms with Gasteiger partial charge in [-0.25, -0.2) is 8.42 Å². The Hall–Kier alpha value is -3.36. The molecule has 0 radical (unpaired) electrons. The SMILES string of the molecule is Cc1ccc(S(=O)(=O)N(CC(=O)N(Cc2ccc(Cl)cc2)[C@H](C)C(=O)NC(C)C)c2cc(C)cc(C)c2)cc1. The lowest BCUT2D eigenvalue weighted by Crippen LogP contribution is -2.52. The van der Waals surface area contributed by atoms with Gasteiger partial charge in [-0.2, -0.15) is 0 Å². The summed E-state index contributed by atoms with van der Waals surface area (Å²) in [6, 6.07) is 17.9. The molecule has 0 aliphatic carbocycles. The van der Waals surface area contributed by atoms with Gasteiger partial charge in [-0.15, -0.1) is 0 Å². The molecule has 1 atom stereocenters. The van der Waals surface area contributed by atoms with Crippen molar-refractivity contribution in [1.29, 1.82) is 0 Å². The smallest absolute Gasteiger partial charge is 0.264 e. The van der Waals surface area contributed by atoms with E-state index < -0.39 is 28.5 Å². The Labute approximate surface area is 236 Å². The number of hydrogen-bond acceptors (Lipinski definition) is 4. The van der Waals surface area contributed by atoms with Crippen molar-refractivity contribution in [2.45, 2.75) is 65.1 Å². The summed E-state index contributed by atoms with van der Waals surface area (Å²) >= 11 is 6.04. The number of hydrogen-bond donors (Lipinski definition) is 1. The molecule has 0 aliphatic heterocycles. The molecule has 0 spiro atoms. The van der Waals surface area contributed by atoms with Gasteiger partial charge in [0.15, 0.2) is 0 Å². The number of amides is 2. The fourth-order valence-electron chi connectivity index (χ4n) is 4.24. The third kappa shape index (κ3) is 7.83. The van der Waals surface area contributed by atoms with Crippen molar-refractivity contribution < 1.29 is 18.0 Å². The van der Waals surface area contributed by atoms with Crippen LogP contribution in [0, 0.1) is 20.8 Å². The van der Waals surface area contributed by atoms with E-state index in [0.29, 0.717) is 10.7 Å². The highest BCUT2D eigenvalue weighted by molar-refractivity contribution is 7.92. The van der Waals surface area contributed by atoms with Crippen molar-refractivity contribution in [3.63, 3.8) is 0 Å². The van der Waals surface area contributed by atoms with E-state index >= 15 is 0 Å². The second-order valence-corrected chi connectivity index (χ2v) is 12.5. The van der Waals surface area contributed by atoms with Crippen LogP contribution < -0.4 is 9.62 Å². The van der Waals surface area contributed by atoms with Gasteiger partial charge in [-0.05, 0) is 94.6 Å². The molecule has 39 heavy (non-hydrogen) atoms. The Balaban J connectivity index is 2.06. The molecular weight excluding hydrogens is 534 g/mol. The highest BCUT2D eigenvalue weighted by Gasteiger charge is 2.32. The monoisotopic (exact) mass is 569 g/mol. The molecule has 3 rings (SSSR count). The van der Waals surface area contributed by atoms with Crippen LogP contribution in [0.1, 0.15) is 43.0 Å². The molecule has 1 N–H and O–H groups in total. The third-order valence-electron chi connectivity index (χ3n) is 6.25. The van der Waals surface area contributed by atoms with Crippen LogP contribution in [0.2, 0.25) is 5.02 Å². The van der Waals surface area contributed by atoms with E-state index in [-0.39, 0.29) is 23.4 Å². The van der Waals surface area contributed by atoms with E-state index in [4.69, 9.17) is 11.6 Å². The van der Waals surface area contributed by atoms with E-state index in [1.165, 1.54) is 17.0 Å². The number of rotatable bonds is 10. The summed E-state index contributed by atoms with van der Waals surface area (Å²) in [7, 11) is -4.11. The van der Waals surface area contributed by atoms with Crippen LogP contribution in [0.5, 0.6) is 0 Å². The summed E-state index contributed by atoms with van der Waals surface area (Å²) in [6.07, 6.45) is 0. The number of sulfonamides is 1. The van der Waals surface area contributed by atoms with E-state index in [1.54, 1.807) is 55.5 Å². The Bertz CT molecular complexity index is 1400. The lowest BCUT2D eigenvalue weighted by molar-refractivity contribution is -0.139. The summed E-state index contributed by atoms with van der Waals surface area (Å²) in [5, 5.41) is 3.40. The minimum Gasteiger partial charge on any atom is -0.352 e. The number of anilines is 1. The molecule has 7 nitrogen and oxygen atoms in total. The van der Waals surface area contributed by atoms with Crippen LogP contribution in [0.4, 0.5) is 5.69 Å². The van der Waals surface area contributed by atoms with Gasteiger partial charge in [0.2, 0.25) is 11.8 Å². The first-order chi connectivity index (χ1) is 18.3. The predicted molar refractivity (Wildman–Crippen MR) is 156 cm³/mol. The number of nitrogens with zero attached hydrogens (tertiary/aromatic N) is 2. The van der Waals surface area contributed by atoms with Crippen molar-refractivity contribution in [3.8, 4) is 0 Å². The average molecular weight is 570 g/mol. The van der Waals surface area contributed by atoms with Crippen molar-refractivity contribution in [3.05, 3.63) is 94.0 Å². The minimum absolute atomic E-state index is 0.0786. The van der Waals surface area contributed by atoms with Crippen LogP contribution in [0.3, 0.4) is 0 Å². The summed E-state index contributed by atoms with van der Waals surface area (Å²) in [6.45, 7) is 10.6. The molecule has 0 aromatic heterocycles. The van der Waals surface area contributed by atoms with Gasteiger partial charge in [0.1, 0.15) is 12.6 Å². The van der Waals surface area contributed by atoms with Crippen molar-refractivity contribution in [2.75, 3.05) is 10.8 Å². The van der Waals surface area contributed by atoms with Crippen LogP contribution in [0.15, 0.2) is 71.6 Å². The zero-order chi connectivity index (χ0) is 28.9. The number of aryl methyl sites for hydroxylation is 3. The molecule has 208 valence electrons. The van der Waals surface area contributed by atoms with Crippen molar-refractivity contribution >= 4 is 39.1 Å². The summed E-state index contributed by atoms with van der Waals surface area (Å²) in [5.74, 6) is -0.835. The molecule has 3 aromatic carbocycles. The van der Waals surface area contributed by atoms with Crippen molar-refractivity contribution in [1.82, 2.24) is 10.2 Å². The summed E-state index contributed by atoms with van der Waals surface area (Å²) in [5.41, 5.74) is 3.79. The molecule has 0 saturated carbocycles. The van der Waals surface area contributed by atoms with E-state index in [0.717, 1.165) is 26.6 Å². The molecule has 0 aliphatic rings. The van der Waals surface area contributed by atoms with E-state index in [1.807, 2.05) is 40.7 Å². The molecule has 0 saturated heterocycles. The number of carbonyl (C=O) groups excluding carboxylic acids is 2. The number of benzene rings is 3. The maximum Gasteiger partial charge on any atom is 0.264 e. The van der Waals surface area contributed by atoms with E-state index in [2.05, 4.69) is 5.32 Å². The third-order valence-corrected chi connectivity index (χ3v) is 8.29. The normalized spacial score (nSPS) is 12.2. The zero-order valence-electron chi connectivity index (χ0n) is 23.2. The molecule has 0 fully saturated rings. The lowest BCUT2D eigenvalue weighted by Gasteiger charge is -2.32. The standard InChI is InChI=1S/C30H36ClN3O4S/c1-20(2)32-30(36)24(6)33(18-25-9-11-26(31)12-10-25)29(35)19-34(27-16-22(4)15-23(5)17-27)39(37,38)28-13-7-21(3)8-14-28/h7-17,20,24H,18-19H2,1-6H3,(H,32,36)/t24-/m1/s1.